The van der Waals surface area contributed by atoms with Crippen LogP contribution in [0.5, 0.6) is 11.5 Å². The highest BCUT2D eigenvalue weighted by Crippen LogP contribution is 2.13. The maximum absolute atomic E-state index is 12.0. The minimum atomic E-state index is -1.16. The topological polar surface area (TPSA) is 259 Å². The molecule has 0 saturated carbocycles. The van der Waals surface area contributed by atoms with Crippen LogP contribution in [0, 0.1) is 0 Å². The normalized spacial score (nSPS) is 11.3. The Morgan fingerprint density at radius 3 is 1.09 bits per heavy atom. The SMILES string of the molecule is CC(N)N.O=C(CCC(=O)c1ccccc1)N[C@@H](Cc1ccc(O)cc1)C(=O)O.O=C(CCC(=O)c1ccccc1)N[C@@H](Cc1ccc(O)cc1)C(=O)O. The third-order valence-corrected chi connectivity index (χ3v) is 7.37. The fourth-order valence-corrected chi connectivity index (χ4v) is 4.66. The highest BCUT2D eigenvalue weighted by molar-refractivity contribution is 5.99. The van der Waals surface area contributed by atoms with E-state index in [1.165, 1.54) is 24.3 Å². The summed E-state index contributed by atoms with van der Waals surface area (Å²) in [6.45, 7) is 1.72. The summed E-state index contributed by atoms with van der Waals surface area (Å²) in [7, 11) is 0. The number of hydrogen-bond donors (Lipinski definition) is 8. The third kappa shape index (κ3) is 17.7. The lowest BCUT2D eigenvalue weighted by molar-refractivity contribution is -0.142. The molecule has 0 bridgehead atoms. The predicted octanol–water partition coefficient (Wildman–Crippen LogP) is 3.58. The van der Waals surface area contributed by atoms with Gasteiger partial charge in [0.1, 0.15) is 23.6 Å². The average Bonchev–Trinajstić information content (AvgIpc) is 3.14. The Kier molecular flexibility index (Phi) is 18.8. The molecule has 2 amide bonds. The molecule has 0 heterocycles. The Morgan fingerprint density at radius 1 is 0.519 bits per heavy atom. The van der Waals surface area contributed by atoms with Crippen molar-refractivity contribution in [3.63, 3.8) is 0 Å². The smallest absolute Gasteiger partial charge is 0.326 e. The number of carbonyl (C=O) groups excluding carboxylic acids is 4. The Hall–Kier alpha value is -6.38. The molecule has 2 atom stereocenters. The minimum absolute atomic E-state index is 0.0153. The van der Waals surface area contributed by atoms with Gasteiger partial charge in [-0.15, -0.1) is 0 Å². The van der Waals surface area contributed by atoms with Gasteiger partial charge in [-0.05, 0) is 42.3 Å². The van der Waals surface area contributed by atoms with Crippen LogP contribution < -0.4 is 22.1 Å². The van der Waals surface area contributed by atoms with Crippen LogP contribution in [0.25, 0.3) is 0 Å². The number of carboxylic acids is 2. The summed E-state index contributed by atoms with van der Waals surface area (Å²) in [4.78, 5) is 70.6. The third-order valence-electron chi connectivity index (χ3n) is 7.37. The molecule has 54 heavy (non-hydrogen) atoms. The molecule has 0 spiro atoms. The van der Waals surface area contributed by atoms with Crippen LogP contribution in [0.2, 0.25) is 0 Å². The number of carbonyl (C=O) groups is 6. The standard InChI is InChI=1S/2C19H19NO5.C2H8N2/c2*21-15-8-6-13(7-9-15)12-16(19(24)25)20-18(23)11-10-17(22)14-4-2-1-3-5-14;1-2(3)4/h2*1-9,16,21H,10-12H2,(H,20,23)(H,24,25);2H,3-4H2,1H3/t2*16-;/m00./s1. The largest absolute Gasteiger partial charge is 0.508 e. The number of ketones is 2. The van der Waals surface area contributed by atoms with E-state index in [4.69, 9.17) is 11.5 Å². The molecule has 0 aromatic heterocycles. The predicted molar refractivity (Wildman–Crippen MR) is 201 cm³/mol. The van der Waals surface area contributed by atoms with E-state index >= 15 is 0 Å². The molecule has 14 heteroatoms. The van der Waals surface area contributed by atoms with Crippen LogP contribution >= 0.6 is 0 Å². The van der Waals surface area contributed by atoms with Crippen molar-refractivity contribution >= 4 is 35.3 Å². The quantitative estimate of drug-likeness (QED) is 0.0605. The molecule has 4 rings (SSSR count). The molecule has 0 unspecified atom stereocenters. The zero-order chi connectivity index (χ0) is 40.0. The summed E-state index contributed by atoms with van der Waals surface area (Å²) in [5.41, 5.74) is 12.2. The number of phenolic OH excluding ortho intramolecular Hbond substituents is 2. The zero-order valence-corrected chi connectivity index (χ0v) is 29.8. The van der Waals surface area contributed by atoms with Gasteiger partial charge in [0.2, 0.25) is 11.8 Å². The maximum Gasteiger partial charge on any atom is 0.326 e. The molecule has 286 valence electrons. The number of phenols is 2. The molecule has 4 aromatic rings. The summed E-state index contributed by atoms with van der Waals surface area (Å²) >= 11 is 0. The van der Waals surface area contributed by atoms with Gasteiger partial charge >= 0.3 is 11.9 Å². The molecule has 0 saturated heterocycles. The van der Waals surface area contributed by atoms with Gasteiger partial charge in [-0.1, -0.05) is 84.9 Å². The van der Waals surface area contributed by atoms with Crippen molar-refractivity contribution in [1.82, 2.24) is 10.6 Å². The van der Waals surface area contributed by atoms with E-state index in [0.29, 0.717) is 22.3 Å². The van der Waals surface area contributed by atoms with E-state index in [9.17, 15) is 49.2 Å². The molecule has 0 aliphatic heterocycles. The summed E-state index contributed by atoms with van der Waals surface area (Å²) in [5, 5.41) is 41.9. The van der Waals surface area contributed by atoms with Gasteiger partial charge in [0, 0.05) is 55.8 Å². The van der Waals surface area contributed by atoms with Crippen molar-refractivity contribution in [3.8, 4) is 11.5 Å². The molecule has 0 aliphatic carbocycles. The molecule has 4 aromatic carbocycles. The number of nitrogens with one attached hydrogen (secondary N) is 2. The number of hydrogen-bond acceptors (Lipinski definition) is 10. The fraction of sp³-hybridized carbons (Fsp3) is 0.250. The van der Waals surface area contributed by atoms with Gasteiger partial charge in [-0.3, -0.25) is 19.2 Å². The van der Waals surface area contributed by atoms with E-state index in [0.717, 1.165) is 0 Å². The molecule has 0 fully saturated rings. The second kappa shape index (κ2) is 23.2. The second-order valence-corrected chi connectivity index (χ2v) is 12.1. The first-order chi connectivity index (χ1) is 25.6. The van der Waals surface area contributed by atoms with Crippen LogP contribution in [0.15, 0.2) is 109 Å². The number of carboxylic acid groups (broad SMARTS) is 2. The molecular formula is C40H46N4O10. The van der Waals surface area contributed by atoms with Crippen LogP contribution in [0.1, 0.15) is 64.4 Å². The van der Waals surface area contributed by atoms with Gasteiger partial charge in [0.05, 0.1) is 0 Å². The fourth-order valence-electron chi connectivity index (χ4n) is 4.66. The van der Waals surface area contributed by atoms with Crippen molar-refractivity contribution in [3.05, 3.63) is 131 Å². The van der Waals surface area contributed by atoms with E-state index < -0.39 is 35.8 Å². The summed E-state index contributed by atoms with van der Waals surface area (Å²) < 4.78 is 0. The number of aliphatic carboxylic acids is 2. The Bertz CT molecular complexity index is 1670. The lowest BCUT2D eigenvalue weighted by Crippen LogP contribution is -2.42. The van der Waals surface area contributed by atoms with Crippen LogP contribution in [0.4, 0.5) is 0 Å². The number of nitrogens with two attached hydrogens (primary N) is 2. The van der Waals surface area contributed by atoms with E-state index in [2.05, 4.69) is 10.6 Å². The summed E-state index contributed by atoms with van der Waals surface area (Å²) in [5.74, 6) is -3.46. The van der Waals surface area contributed by atoms with E-state index in [1.54, 1.807) is 91.9 Å². The molecular weight excluding hydrogens is 696 g/mol. The Balaban J connectivity index is 0.000000340. The van der Waals surface area contributed by atoms with Gasteiger partial charge in [-0.25, -0.2) is 9.59 Å². The molecule has 0 radical (unpaired) electrons. The minimum Gasteiger partial charge on any atom is -0.508 e. The number of amides is 2. The monoisotopic (exact) mass is 742 g/mol. The Morgan fingerprint density at radius 2 is 0.815 bits per heavy atom. The summed E-state index contributed by atoms with van der Waals surface area (Å²) in [6.07, 6.45) is -0.106. The van der Waals surface area contributed by atoms with Crippen molar-refractivity contribution in [2.24, 2.45) is 11.5 Å². The van der Waals surface area contributed by atoms with E-state index in [-0.39, 0.29) is 67.8 Å². The van der Waals surface area contributed by atoms with Crippen LogP contribution in [0.3, 0.4) is 0 Å². The van der Waals surface area contributed by atoms with E-state index in [1.807, 2.05) is 0 Å². The number of Topliss-reactive ketones (excluding diaryl/α,β-unsaturated/α-hetero) is 2. The zero-order valence-electron chi connectivity index (χ0n) is 29.8. The Labute approximate surface area is 312 Å². The van der Waals surface area contributed by atoms with Crippen molar-refractivity contribution in [1.29, 1.82) is 0 Å². The first-order valence-corrected chi connectivity index (χ1v) is 16.9. The molecule has 14 nitrogen and oxygen atoms in total. The lowest BCUT2D eigenvalue weighted by atomic mass is 10.0. The molecule has 0 aliphatic rings. The number of aromatic hydroxyl groups is 2. The van der Waals surface area contributed by atoms with Crippen molar-refractivity contribution in [2.45, 2.75) is 63.7 Å². The van der Waals surface area contributed by atoms with Crippen LogP contribution in [-0.4, -0.2) is 74.0 Å². The maximum atomic E-state index is 12.0. The first kappa shape index (κ1) is 43.8. The number of rotatable bonds is 16. The summed E-state index contributed by atoms with van der Waals surface area (Å²) in [6, 6.07) is 27.2. The van der Waals surface area contributed by atoms with Crippen molar-refractivity contribution < 1.29 is 49.2 Å². The van der Waals surface area contributed by atoms with Gasteiger partial charge in [0.25, 0.3) is 0 Å². The van der Waals surface area contributed by atoms with Gasteiger partial charge < -0.3 is 42.5 Å². The van der Waals surface area contributed by atoms with Crippen molar-refractivity contribution in [2.75, 3.05) is 0 Å². The highest BCUT2D eigenvalue weighted by Gasteiger charge is 2.22. The van der Waals surface area contributed by atoms with Gasteiger partial charge in [-0.2, -0.15) is 0 Å². The lowest BCUT2D eigenvalue weighted by Gasteiger charge is -2.14. The van der Waals surface area contributed by atoms with Crippen LogP contribution in [-0.2, 0) is 32.0 Å². The van der Waals surface area contributed by atoms with Gasteiger partial charge in [0.15, 0.2) is 11.6 Å². The average molecular weight is 743 g/mol. The highest BCUT2D eigenvalue weighted by atomic mass is 16.4. The molecule has 10 N–H and O–H groups in total. The first-order valence-electron chi connectivity index (χ1n) is 16.9. The number of benzene rings is 4. The second-order valence-electron chi connectivity index (χ2n) is 12.1.